The van der Waals surface area contributed by atoms with Crippen molar-refractivity contribution in [2.24, 2.45) is 17.8 Å². The number of Topliss-reactive ketones (excluding diaryl/α,β-unsaturated/α-hetero) is 2. The molecule has 3 aliphatic carbocycles. The van der Waals surface area contributed by atoms with Gasteiger partial charge in [-0.1, -0.05) is 42.4 Å². The summed E-state index contributed by atoms with van der Waals surface area (Å²) >= 11 is -3.79. The molecule has 9 aliphatic rings. The van der Waals surface area contributed by atoms with Crippen molar-refractivity contribution in [2.45, 2.75) is 204 Å². The normalized spacial score (nSPS) is 44.3. The summed E-state index contributed by atoms with van der Waals surface area (Å²) in [5.41, 5.74) is 2.61. The van der Waals surface area contributed by atoms with E-state index in [1.165, 1.54) is 16.7 Å². The quantitative estimate of drug-likeness (QED) is 0.157. The van der Waals surface area contributed by atoms with Crippen molar-refractivity contribution < 1.29 is 82.7 Å². The first-order chi connectivity index (χ1) is 30.0. The Labute approximate surface area is 390 Å². The fourth-order valence-corrected chi connectivity index (χ4v) is 11.5. The van der Waals surface area contributed by atoms with Crippen LogP contribution in [0.5, 0.6) is 0 Å². The van der Waals surface area contributed by atoms with E-state index in [2.05, 4.69) is 80.5 Å². The van der Waals surface area contributed by atoms with Gasteiger partial charge in [-0.3, -0.25) is 9.59 Å². The number of carbonyl (C=O) groups excluding carboxylic acids is 2. The predicted molar refractivity (Wildman–Crippen MR) is 233 cm³/mol. The molecule has 0 aromatic carbocycles. The van der Waals surface area contributed by atoms with Crippen LogP contribution in [0.2, 0.25) is 0 Å². The first kappa shape index (κ1) is 54.0. The standard InChI is InChI=1S/C16H26O4.2C16H24O4.CH4.Cr.3O/c3*1-10(2)5-6-12-15(3,20-12)14-13(18-4)11(17)7-8-16(14)9-19-16;;;;;/h5,11-14,17H,6-9H2,1-4H3;2*5,12-14H,6-9H2,1-4H3;1H4;;;;/t11-,12-,13-,14-,15+,16+;2*12-,13-,14-,15+,16+;;;;;/m111...../s1. The minimum atomic E-state index is -3.79. The molecule has 0 amide bonds. The Bertz CT molecular complexity index is 1830. The van der Waals surface area contributed by atoms with Gasteiger partial charge in [0.05, 0.1) is 73.7 Å². The van der Waals surface area contributed by atoms with E-state index >= 15 is 0 Å². The molecule has 65 heavy (non-hydrogen) atoms. The number of rotatable bonds is 12. The summed E-state index contributed by atoms with van der Waals surface area (Å²) in [5, 5.41) is 10.2. The molecule has 6 saturated heterocycles. The third-order valence-electron chi connectivity index (χ3n) is 15.4. The van der Waals surface area contributed by atoms with E-state index in [9.17, 15) is 14.7 Å². The summed E-state index contributed by atoms with van der Waals surface area (Å²) in [7, 11) is 4.92. The number of allylic oxidation sites excluding steroid dienone is 3. The van der Waals surface area contributed by atoms with Gasteiger partial charge in [-0.05, 0) is 107 Å². The van der Waals surface area contributed by atoms with Crippen LogP contribution >= 0.6 is 0 Å². The van der Waals surface area contributed by atoms with E-state index in [1.807, 2.05) is 0 Å². The van der Waals surface area contributed by atoms with Crippen molar-refractivity contribution in [2.75, 3.05) is 41.2 Å². The van der Waals surface area contributed by atoms with Gasteiger partial charge in [0.15, 0.2) is 11.6 Å². The Morgan fingerprint density at radius 2 is 0.908 bits per heavy atom. The number of ketones is 2. The molecular formula is C49H78CrO15. The van der Waals surface area contributed by atoms with Crippen LogP contribution in [0.1, 0.15) is 128 Å². The van der Waals surface area contributed by atoms with Gasteiger partial charge in [0.25, 0.3) is 0 Å². The van der Waals surface area contributed by atoms with Crippen LogP contribution < -0.4 is 0 Å². The van der Waals surface area contributed by atoms with E-state index in [-0.39, 0.29) is 107 Å². The van der Waals surface area contributed by atoms with Gasteiger partial charge in [-0.15, -0.1) is 0 Å². The second-order valence-electron chi connectivity index (χ2n) is 20.7. The van der Waals surface area contributed by atoms with E-state index in [0.717, 1.165) is 64.8 Å². The van der Waals surface area contributed by atoms with Gasteiger partial charge in [0.1, 0.15) is 40.2 Å². The second-order valence-corrected chi connectivity index (χ2v) is 21.3. The predicted octanol–water partition coefficient (Wildman–Crippen LogP) is 6.86. The maximum absolute atomic E-state index is 12.2. The van der Waals surface area contributed by atoms with Gasteiger partial charge in [0, 0.05) is 34.2 Å². The molecule has 0 bridgehead atoms. The molecule has 9 rings (SSSR count). The van der Waals surface area contributed by atoms with Gasteiger partial charge in [-0.2, -0.15) is 0 Å². The summed E-state index contributed by atoms with van der Waals surface area (Å²) in [6, 6.07) is 0. The van der Waals surface area contributed by atoms with E-state index in [4.69, 9.17) is 54.0 Å². The average Bonchev–Trinajstić information content (AvgIpc) is 3.97. The van der Waals surface area contributed by atoms with Crippen molar-refractivity contribution in [3.63, 3.8) is 0 Å². The number of carbonyl (C=O) groups is 2. The number of methoxy groups -OCH3 is 3. The average molecular weight is 959 g/mol. The zero-order chi connectivity index (χ0) is 47.2. The maximum atomic E-state index is 12.2. The zero-order valence-corrected chi connectivity index (χ0v) is 41.3. The van der Waals surface area contributed by atoms with E-state index in [1.54, 1.807) is 21.3 Å². The Morgan fingerprint density at radius 1 is 0.600 bits per heavy atom. The number of ether oxygens (including phenoxy) is 9. The molecule has 3 saturated carbocycles. The summed E-state index contributed by atoms with van der Waals surface area (Å²) in [6.45, 7) is 21.2. The Kier molecular flexibility index (Phi) is 17.1. The fourth-order valence-electron chi connectivity index (χ4n) is 11.5. The minimum absolute atomic E-state index is 0. The monoisotopic (exact) mass is 958 g/mol. The number of hydrogen-bond donors (Lipinski definition) is 1. The number of hydrogen-bond acceptors (Lipinski definition) is 15. The van der Waals surface area contributed by atoms with Crippen LogP contribution in [0.15, 0.2) is 34.9 Å². The molecule has 6 heterocycles. The Morgan fingerprint density at radius 3 is 1.18 bits per heavy atom. The van der Waals surface area contributed by atoms with Crippen LogP contribution in [0.3, 0.4) is 0 Å². The second kappa shape index (κ2) is 20.6. The number of aliphatic hydroxyl groups excluding tert-OH is 1. The summed E-state index contributed by atoms with van der Waals surface area (Å²) in [4.78, 5) is 24.3. The van der Waals surface area contributed by atoms with Crippen LogP contribution in [0, 0.1) is 17.8 Å². The third-order valence-corrected chi connectivity index (χ3v) is 15.4. The molecule has 0 unspecified atom stereocenters. The molecule has 0 aromatic heterocycles. The molecule has 0 radical (unpaired) electrons. The zero-order valence-electron chi connectivity index (χ0n) is 40.1. The molecular weight excluding hydrogens is 881 g/mol. The third kappa shape index (κ3) is 11.6. The summed E-state index contributed by atoms with van der Waals surface area (Å²) in [6.07, 6.45) is 12.9. The molecule has 0 aromatic rings. The van der Waals surface area contributed by atoms with Crippen molar-refractivity contribution in [1.29, 1.82) is 0 Å². The van der Waals surface area contributed by atoms with Crippen LogP contribution in [-0.4, -0.2) is 134 Å². The van der Waals surface area contributed by atoms with Crippen molar-refractivity contribution in [1.82, 2.24) is 0 Å². The number of aliphatic hydroxyl groups is 1. The first-order valence-corrected chi connectivity index (χ1v) is 24.5. The summed E-state index contributed by atoms with van der Waals surface area (Å²) in [5.74, 6) is 0.556. The van der Waals surface area contributed by atoms with Crippen LogP contribution in [-0.2, 0) is 77.6 Å². The molecule has 1 N–H and O–H groups in total. The SMILES string of the molecule is C.CO[C@@H]1C(=O)CC[C@]2(CO2)[C@H]1[C@@]1(C)O[C@@H]1CC=C(C)C.CO[C@@H]1C(=O)CC[C@]2(CO2)[C@H]1[C@@]1(C)O[C@@H]1CC=C(C)C.CO[C@@H]1[C@H](O)CC[C@]2(CO2)[C@H]1[C@@]1(C)O[C@@H]1CC=C(C)C.[O]=[Cr](=[O])=[O]. The van der Waals surface area contributed by atoms with Gasteiger partial charge in [-0.25, -0.2) is 0 Å². The van der Waals surface area contributed by atoms with E-state index < -0.39 is 20.1 Å². The van der Waals surface area contributed by atoms with E-state index in [0.29, 0.717) is 12.8 Å². The molecule has 16 atom stereocenters. The Hall–Kier alpha value is -1.91. The van der Waals surface area contributed by atoms with Crippen molar-refractivity contribution in [3.8, 4) is 0 Å². The molecule has 6 aliphatic heterocycles. The topological polar surface area (TPSA) is 208 Å². The molecule has 9 fully saturated rings. The van der Waals surface area contributed by atoms with Crippen molar-refractivity contribution in [3.05, 3.63) is 34.9 Å². The fraction of sp³-hybridized carbons (Fsp3) is 0.837. The molecule has 15 nitrogen and oxygen atoms in total. The van der Waals surface area contributed by atoms with Crippen LogP contribution in [0.4, 0.5) is 0 Å². The number of epoxide rings is 6. The molecule has 16 heteroatoms. The first-order valence-electron chi connectivity index (χ1n) is 23.0. The van der Waals surface area contributed by atoms with Crippen molar-refractivity contribution >= 4 is 11.6 Å². The van der Waals surface area contributed by atoms with Crippen LogP contribution in [0.25, 0.3) is 0 Å². The Balaban J connectivity index is 0.000000174. The van der Waals surface area contributed by atoms with Gasteiger partial charge < -0.3 is 47.7 Å². The molecule has 3 spiro atoms. The molecule has 370 valence electrons. The van der Waals surface area contributed by atoms with Gasteiger partial charge >= 0.3 is 25.4 Å². The van der Waals surface area contributed by atoms with Gasteiger partial charge in [0.2, 0.25) is 0 Å². The summed E-state index contributed by atoms with van der Waals surface area (Å²) < 4.78 is 77.5.